The number of rotatable bonds is 5. The lowest BCUT2D eigenvalue weighted by Crippen LogP contribution is -2.50. The summed E-state index contributed by atoms with van der Waals surface area (Å²) in [6, 6.07) is 16.0. The van der Waals surface area contributed by atoms with Crippen molar-refractivity contribution in [3.05, 3.63) is 64.7 Å². The zero-order chi connectivity index (χ0) is 27.9. The number of anilines is 1. The fourth-order valence-electron chi connectivity index (χ4n) is 7.20. The quantitative estimate of drug-likeness (QED) is 0.603. The summed E-state index contributed by atoms with van der Waals surface area (Å²) >= 11 is 0. The summed E-state index contributed by atoms with van der Waals surface area (Å²) in [7, 11) is 0. The first-order valence-corrected chi connectivity index (χ1v) is 14.7. The Balaban J connectivity index is 1.14. The van der Waals surface area contributed by atoms with Gasteiger partial charge in [-0.25, -0.2) is 0 Å². The molecule has 0 bridgehead atoms. The molecule has 2 atom stereocenters. The Labute approximate surface area is 236 Å². The standard InChI is InChI=1S/C32H39N5O3/c1-2-35-13-14-37(21-29(38)27-15-23-5-3-4-6-25(23)20-34-27)31(40)26-8-7-24(16-28(26)35)30(39)36-11-9-32(10-12-36)17-22(18-32)19-33/h3-8,16,22,27,29,34,38H,2,9-15,17-18,20-21H2,1H3/t27-,29-/m0/s1. The van der Waals surface area contributed by atoms with Crippen LogP contribution in [0.4, 0.5) is 5.69 Å². The predicted molar refractivity (Wildman–Crippen MR) is 153 cm³/mol. The van der Waals surface area contributed by atoms with E-state index in [0.29, 0.717) is 30.8 Å². The molecule has 6 rings (SSSR count). The lowest BCUT2D eigenvalue weighted by molar-refractivity contribution is 0.00874. The molecule has 2 aromatic carbocycles. The van der Waals surface area contributed by atoms with Crippen LogP contribution < -0.4 is 10.2 Å². The summed E-state index contributed by atoms with van der Waals surface area (Å²) in [5.74, 6) is 0.0929. The van der Waals surface area contributed by atoms with Crippen molar-refractivity contribution in [2.75, 3.05) is 44.2 Å². The van der Waals surface area contributed by atoms with Crippen molar-refractivity contribution in [1.29, 1.82) is 5.26 Å². The molecule has 8 heteroatoms. The third-order valence-corrected chi connectivity index (χ3v) is 9.76. The highest BCUT2D eigenvalue weighted by Gasteiger charge is 2.46. The second kappa shape index (κ2) is 10.9. The summed E-state index contributed by atoms with van der Waals surface area (Å²) in [5.41, 5.74) is 4.75. The van der Waals surface area contributed by atoms with E-state index in [1.807, 2.05) is 23.1 Å². The van der Waals surface area contributed by atoms with Crippen LogP contribution in [0.3, 0.4) is 0 Å². The summed E-state index contributed by atoms with van der Waals surface area (Å²) in [5, 5.41) is 23.7. The van der Waals surface area contributed by atoms with E-state index in [9.17, 15) is 14.7 Å². The van der Waals surface area contributed by atoms with Gasteiger partial charge in [-0.3, -0.25) is 9.59 Å². The van der Waals surface area contributed by atoms with Gasteiger partial charge in [-0.05, 0) is 73.8 Å². The molecule has 3 aliphatic heterocycles. The van der Waals surface area contributed by atoms with Crippen molar-refractivity contribution in [2.45, 2.75) is 57.7 Å². The predicted octanol–water partition coefficient (Wildman–Crippen LogP) is 3.20. The van der Waals surface area contributed by atoms with E-state index >= 15 is 0 Å². The van der Waals surface area contributed by atoms with Gasteiger partial charge in [-0.2, -0.15) is 5.26 Å². The molecule has 2 fully saturated rings. The van der Waals surface area contributed by atoms with Crippen LogP contribution in [0.1, 0.15) is 64.4 Å². The lowest BCUT2D eigenvalue weighted by Gasteiger charge is -2.50. The normalized spacial score (nSPS) is 23.1. The van der Waals surface area contributed by atoms with E-state index < -0.39 is 6.10 Å². The summed E-state index contributed by atoms with van der Waals surface area (Å²) in [4.78, 5) is 33.0. The number of nitriles is 1. The Morgan fingerprint density at radius 2 is 1.82 bits per heavy atom. The number of nitrogens with zero attached hydrogens (tertiary/aromatic N) is 4. The number of β-amino-alcohol motifs (C(OH)–C–C–N with tert-alkyl or cyclic N) is 1. The van der Waals surface area contributed by atoms with Gasteiger partial charge in [0.1, 0.15) is 0 Å². The number of aliphatic hydroxyl groups is 1. The molecule has 1 saturated heterocycles. The van der Waals surface area contributed by atoms with Gasteiger partial charge in [0.15, 0.2) is 0 Å². The number of nitrogens with one attached hydrogen (secondary N) is 1. The van der Waals surface area contributed by atoms with Crippen LogP contribution in [0.5, 0.6) is 0 Å². The summed E-state index contributed by atoms with van der Waals surface area (Å²) in [6.07, 6.45) is 3.90. The summed E-state index contributed by atoms with van der Waals surface area (Å²) < 4.78 is 0. The van der Waals surface area contributed by atoms with E-state index in [-0.39, 0.29) is 35.7 Å². The highest BCUT2D eigenvalue weighted by Crippen LogP contribution is 2.52. The fourth-order valence-corrected chi connectivity index (χ4v) is 7.20. The SMILES string of the molecule is CCN1CCN(C[C@H](O)[C@@H]2Cc3ccccc3CN2)C(=O)c2ccc(C(=O)N3CCC4(CC3)CC(C#N)C4)cc21. The minimum Gasteiger partial charge on any atom is -0.390 e. The van der Waals surface area contributed by atoms with Gasteiger partial charge in [0.25, 0.3) is 11.8 Å². The Morgan fingerprint density at radius 3 is 2.55 bits per heavy atom. The molecule has 2 aromatic rings. The number of amides is 2. The highest BCUT2D eigenvalue weighted by atomic mass is 16.3. The average Bonchev–Trinajstić information content (AvgIpc) is 3.10. The van der Waals surface area contributed by atoms with Gasteiger partial charge < -0.3 is 25.1 Å². The fraction of sp³-hybridized carbons (Fsp3) is 0.531. The first kappa shape index (κ1) is 26.8. The smallest absolute Gasteiger partial charge is 0.256 e. The topological polar surface area (TPSA) is 99.9 Å². The van der Waals surface area contributed by atoms with E-state index in [1.165, 1.54) is 11.1 Å². The Bertz CT molecular complexity index is 1320. The minimum absolute atomic E-state index is 0.0116. The molecular formula is C32H39N5O3. The Morgan fingerprint density at radius 1 is 1.10 bits per heavy atom. The zero-order valence-corrected chi connectivity index (χ0v) is 23.3. The van der Waals surface area contributed by atoms with Crippen LogP contribution in [-0.2, 0) is 13.0 Å². The number of benzene rings is 2. The van der Waals surface area contributed by atoms with Gasteiger partial charge in [0.05, 0.1) is 23.4 Å². The third kappa shape index (κ3) is 4.97. The zero-order valence-electron chi connectivity index (χ0n) is 23.3. The van der Waals surface area contributed by atoms with Crippen molar-refractivity contribution in [1.82, 2.24) is 15.1 Å². The first-order chi connectivity index (χ1) is 19.4. The monoisotopic (exact) mass is 541 g/mol. The highest BCUT2D eigenvalue weighted by molar-refractivity contribution is 6.03. The van der Waals surface area contributed by atoms with Crippen LogP contribution in [0, 0.1) is 22.7 Å². The largest absolute Gasteiger partial charge is 0.390 e. The van der Waals surface area contributed by atoms with Crippen molar-refractivity contribution in [3.63, 3.8) is 0 Å². The van der Waals surface area contributed by atoms with Crippen molar-refractivity contribution in [3.8, 4) is 6.07 Å². The third-order valence-electron chi connectivity index (χ3n) is 9.76. The van der Waals surface area contributed by atoms with Gasteiger partial charge in [-0.1, -0.05) is 24.3 Å². The summed E-state index contributed by atoms with van der Waals surface area (Å²) in [6.45, 7) is 6.36. The minimum atomic E-state index is -0.684. The molecule has 8 nitrogen and oxygen atoms in total. The van der Waals surface area contributed by atoms with Gasteiger partial charge in [0.2, 0.25) is 0 Å². The average molecular weight is 542 g/mol. The number of piperidine rings is 1. The van der Waals surface area contributed by atoms with Crippen molar-refractivity contribution < 1.29 is 14.7 Å². The van der Waals surface area contributed by atoms with Crippen molar-refractivity contribution >= 4 is 17.5 Å². The maximum absolute atomic E-state index is 13.7. The molecular weight excluding hydrogens is 502 g/mol. The Kier molecular flexibility index (Phi) is 7.28. The van der Waals surface area contributed by atoms with Crippen LogP contribution >= 0.6 is 0 Å². The maximum atomic E-state index is 13.7. The molecule has 1 saturated carbocycles. The van der Waals surface area contributed by atoms with E-state index in [4.69, 9.17) is 5.26 Å². The number of hydrogen-bond acceptors (Lipinski definition) is 6. The van der Waals surface area contributed by atoms with Crippen molar-refractivity contribution in [2.24, 2.45) is 11.3 Å². The molecule has 0 radical (unpaired) electrons. The number of likely N-dealkylation sites (tertiary alicyclic amines) is 1. The van der Waals surface area contributed by atoms with E-state index in [0.717, 1.165) is 57.4 Å². The second-order valence-electron chi connectivity index (χ2n) is 12.1. The van der Waals surface area contributed by atoms with Gasteiger partial charge in [0, 0.05) is 63.3 Å². The molecule has 4 aliphatic rings. The second-order valence-corrected chi connectivity index (χ2v) is 12.1. The molecule has 1 aliphatic carbocycles. The van der Waals surface area contributed by atoms with Gasteiger partial charge >= 0.3 is 0 Å². The van der Waals surface area contributed by atoms with Crippen LogP contribution in [0.15, 0.2) is 42.5 Å². The number of carbonyl (C=O) groups is 2. The van der Waals surface area contributed by atoms with E-state index in [2.05, 4.69) is 35.3 Å². The number of fused-ring (bicyclic) bond motifs is 2. The molecule has 2 N–H and O–H groups in total. The number of hydrogen-bond donors (Lipinski definition) is 2. The molecule has 0 unspecified atom stereocenters. The number of likely N-dealkylation sites (N-methyl/N-ethyl adjacent to an activating group) is 1. The maximum Gasteiger partial charge on any atom is 0.256 e. The van der Waals surface area contributed by atoms with E-state index in [1.54, 1.807) is 17.0 Å². The van der Waals surface area contributed by atoms with Crippen LogP contribution in [0.2, 0.25) is 0 Å². The molecule has 0 aromatic heterocycles. The number of carbonyl (C=O) groups excluding carboxylic acids is 2. The van der Waals surface area contributed by atoms with Crippen LogP contribution in [-0.4, -0.2) is 78.1 Å². The molecule has 40 heavy (non-hydrogen) atoms. The number of aliphatic hydroxyl groups excluding tert-OH is 1. The van der Waals surface area contributed by atoms with Gasteiger partial charge in [-0.15, -0.1) is 0 Å². The lowest BCUT2D eigenvalue weighted by atomic mass is 9.58. The molecule has 210 valence electrons. The molecule has 1 spiro atoms. The van der Waals surface area contributed by atoms with Crippen LogP contribution in [0.25, 0.3) is 0 Å². The molecule has 3 heterocycles. The molecule has 2 amide bonds. The first-order valence-electron chi connectivity index (χ1n) is 14.7. The Hall–Kier alpha value is -3.41.